The number of aromatic nitrogens is 2. The quantitative estimate of drug-likeness (QED) is 0.679. The number of nitrogens with zero attached hydrogens (tertiary/aromatic N) is 3. The van der Waals surface area contributed by atoms with Gasteiger partial charge in [-0.05, 0) is 18.2 Å². The third kappa shape index (κ3) is 3.38. The number of likely N-dealkylation sites (N-methyl/N-ethyl adjacent to an activating group) is 1. The molecule has 12 heteroatoms. The van der Waals surface area contributed by atoms with Gasteiger partial charge >= 0.3 is 6.29 Å². The van der Waals surface area contributed by atoms with Gasteiger partial charge < -0.3 is 23.9 Å². The van der Waals surface area contributed by atoms with Crippen LogP contribution in [-0.4, -0.2) is 34.1 Å². The fourth-order valence-corrected chi connectivity index (χ4v) is 3.03. The number of rotatable bonds is 4. The summed E-state index contributed by atoms with van der Waals surface area (Å²) in [4.78, 5) is 26.3. The van der Waals surface area contributed by atoms with Crippen molar-refractivity contribution in [2.45, 2.75) is 19.4 Å². The number of hydrogen-bond acceptors (Lipinski definition) is 7. The minimum absolute atomic E-state index is 0.00877. The smallest absolute Gasteiger partial charge is 0.455 e. The highest BCUT2D eigenvalue weighted by molar-refractivity contribution is 6.33. The number of hydrogen-bond donors (Lipinski definition) is 1. The molecule has 0 unspecified atom stereocenters. The van der Waals surface area contributed by atoms with Crippen LogP contribution in [0, 0.1) is 0 Å². The number of alkyl halides is 2. The molecule has 4 rings (SSSR count). The number of amides is 1. The predicted molar refractivity (Wildman–Crippen MR) is 95.3 cm³/mol. The summed E-state index contributed by atoms with van der Waals surface area (Å²) in [5.74, 6) is -0.832. The topological polar surface area (TPSA) is 107 Å². The Balaban J connectivity index is 1.60. The first kappa shape index (κ1) is 19.2. The summed E-state index contributed by atoms with van der Waals surface area (Å²) in [5.41, 5.74) is -0.393. The largest absolute Gasteiger partial charge is 0.586 e. The molecule has 0 fully saturated rings. The lowest BCUT2D eigenvalue weighted by Crippen LogP contribution is -2.35. The molecule has 152 valence electrons. The number of halogens is 3. The van der Waals surface area contributed by atoms with Crippen LogP contribution in [0.1, 0.15) is 5.76 Å². The highest BCUT2D eigenvalue weighted by Crippen LogP contribution is 2.42. The molecule has 3 aromatic rings. The van der Waals surface area contributed by atoms with Crippen LogP contribution in [0.4, 0.5) is 14.5 Å². The Kier molecular flexibility index (Phi) is 4.43. The van der Waals surface area contributed by atoms with Gasteiger partial charge in [-0.15, -0.1) is 8.78 Å². The van der Waals surface area contributed by atoms with Crippen molar-refractivity contribution in [2.75, 3.05) is 11.9 Å². The van der Waals surface area contributed by atoms with Gasteiger partial charge in [0.1, 0.15) is 18.9 Å². The first-order valence-electron chi connectivity index (χ1n) is 8.15. The van der Waals surface area contributed by atoms with Gasteiger partial charge in [0.15, 0.2) is 22.2 Å². The number of carbonyl (C=O) groups excluding carboxylic acids is 1. The zero-order valence-electron chi connectivity index (χ0n) is 14.7. The number of aliphatic hydroxyl groups excluding tert-OH is 1. The number of fused-ring (bicyclic) bond motifs is 2. The van der Waals surface area contributed by atoms with Crippen LogP contribution in [0.2, 0.25) is 5.15 Å². The standard InChI is InChI=1S/C17H12ClF2N3O6/c1-22(8-2-3-11-12(4-8)29-17(19,20)28-11)13(25)6-23-16(26)10-5-9(7-24)27-14(10)15(18)21-23/h2-5,24H,6-7H2,1H3. The molecule has 0 bridgehead atoms. The van der Waals surface area contributed by atoms with Gasteiger partial charge in [-0.2, -0.15) is 5.10 Å². The summed E-state index contributed by atoms with van der Waals surface area (Å²) in [7, 11) is 1.39. The van der Waals surface area contributed by atoms with Crippen LogP contribution in [0.15, 0.2) is 33.5 Å². The second-order valence-electron chi connectivity index (χ2n) is 6.12. The molecular weight excluding hydrogens is 416 g/mol. The number of benzene rings is 1. The van der Waals surface area contributed by atoms with E-state index in [1.807, 2.05) is 0 Å². The van der Waals surface area contributed by atoms with E-state index >= 15 is 0 Å². The van der Waals surface area contributed by atoms with Crippen molar-refractivity contribution in [2.24, 2.45) is 0 Å². The van der Waals surface area contributed by atoms with E-state index in [4.69, 9.17) is 21.1 Å². The van der Waals surface area contributed by atoms with Crippen molar-refractivity contribution in [3.05, 3.63) is 45.5 Å². The number of carbonyl (C=O) groups is 1. The Bertz CT molecular complexity index is 1190. The van der Waals surface area contributed by atoms with Gasteiger partial charge in [0, 0.05) is 18.8 Å². The normalized spacial score (nSPS) is 14.4. The van der Waals surface area contributed by atoms with Crippen molar-refractivity contribution in [3.8, 4) is 11.5 Å². The van der Waals surface area contributed by atoms with Crippen LogP contribution < -0.4 is 19.9 Å². The highest BCUT2D eigenvalue weighted by Gasteiger charge is 2.43. The van der Waals surface area contributed by atoms with Gasteiger partial charge in [-0.3, -0.25) is 9.59 Å². The molecule has 1 N–H and O–H groups in total. The Morgan fingerprint density at radius 2 is 2.03 bits per heavy atom. The van der Waals surface area contributed by atoms with Gasteiger partial charge in [0.05, 0.1) is 5.39 Å². The molecule has 1 aromatic carbocycles. The monoisotopic (exact) mass is 427 g/mol. The summed E-state index contributed by atoms with van der Waals surface area (Å²) >= 11 is 6.00. The van der Waals surface area contributed by atoms with E-state index in [0.29, 0.717) is 0 Å². The van der Waals surface area contributed by atoms with Crippen molar-refractivity contribution in [3.63, 3.8) is 0 Å². The predicted octanol–water partition coefficient (Wildman–Crippen LogP) is 2.12. The Labute approximate surface area is 165 Å². The van der Waals surface area contributed by atoms with Crippen molar-refractivity contribution < 1.29 is 32.6 Å². The molecule has 1 aliphatic rings. The average Bonchev–Trinajstić information content (AvgIpc) is 3.24. The number of anilines is 1. The summed E-state index contributed by atoms with van der Waals surface area (Å²) in [5, 5.41) is 12.9. The van der Waals surface area contributed by atoms with Gasteiger partial charge in [0.2, 0.25) is 5.91 Å². The average molecular weight is 428 g/mol. The number of ether oxygens (including phenoxy) is 2. The molecule has 9 nitrogen and oxygen atoms in total. The summed E-state index contributed by atoms with van der Waals surface area (Å²) in [6.07, 6.45) is -3.77. The third-order valence-corrected chi connectivity index (χ3v) is 4.48. The molecular formula is C17H12ClF2N3O6. The van der Waals surface area contributed by atoms with E-state index < -0.39 is 30.9 Å². The van der Waals surface area contributed by atoms with Crippen LogP contribution in [-0.2, 0) is 17.9 Å². The lowest BCUT2D eigenvalue weighted by molar-refractivity contribution is -0.286. The maximum Gasteiger partial charge on any atom is 0.586 e. The van der Waals surface area contributed by atoms with Crippen molar-refractivity contribution in [1.29, 1.82) is 0 Å². The fraction of sp³-hybridized carbons (Fsp3) is 0.235. The van der Waals surface area contributed by atoms with Crippen molar-refractivity contribution in [1.82, 2.24) is 9.78 Å². The summed E-state index contributed by atoms with van der Waals surface area (Å²) in [6, 6.07) is 5.15. The molecule has 2 aromatic heterocycles. The Morgan fingerprint density at radius 3 is 2.76 bits per heavy atom. The molecule has 3 heterocycles. The zero-order chi connectivity index (χ0) is 20.9. The molecule has 1 aliphatic heterocycles. The first-order chi connectivity index (χ1) is 13.7. The molecule has 0 atom stereocenters. The van der Waals surface area contributed by atoms with E-state index in [2.05, 4.69) is 14.6 Å². The summed E-state index contributed by atoms with van der Waals surface area (Å²) in [6.45, 7) is -0.912. The molecule has 1 amide bonds. The fourth-order valence-electron chi connectivity index (χ4n) is 2.80. The third-order valence-electron chi connectivity index (χ3n) is 4.23. The minimum atomic E-state index is -3.77. The Hall–Kier alpha value is -3.18. The van der Waals surface area contributed by atoms with Gasteiger partial charge in [0.25, 0.3) is 5.56 Å². The number of aliphatic hydroxyl groups is 1. The maximum absolute atomic E-state index is 13.1. The van der Waals surface area contributed by atoms with Crippen molar-refractivity contribution >= 4 is 34.2 Å². The van der Waals surface area contributed by atoms with Crippen LogP contribution in [0.3, 0.4) is 0 Å². The first-order valence-corrected chi connectivity index (χ1v) is 8.52. The van der Waals surface area contributed by atoms with E-state index in [-0.39, 0.29) is 39.1 Å². The van der Waals surface area contributed by atoms with E-state index in [0.717, 1.165) is 9.58 Å². The van der Waals surface area contributed by atoms with Gasteiger partial charge in [-0.1, -0.05) is 11.6 Å². The lowest BCUT2D eigenvalue weighted by Gasteiger charge is -2.18. The van der Waals surface area contributed by atoms with Crippen LogP contribution in [0.25, 0.3) is 11.0 Å². The van der Waals surface area contributed by atoms with Crippen LogP contribution in [0.5, 0.6) is 11.5 Å². The van der Waals surface area contributed by atoms with E-state index in [1.165, 1.54) is 31.3 Å². The van der Waals surface area contributed by atoms with Gasteiger partial charge in [-0.25, -0.2) is 4.68 Å². The zero-order valence-corrected chi connectivity index (χ0v) is 15.4. The van der Waals surface area contributed by atoms with Crippen LogP contribution >= 0.6 is 11.6 Å². The second kappa shape index (κ2) is 6.71. The van der Waals surface area contributed by atoms with E-state index in [1.54, 1.807) is 0 Å². The maximum atomic E-state index is 13.1. The Morgan fingerprint density at radius 1 is 1.31 bits per heavy atom. The summed E-state index contributed by atoms with van der Waals surface area (Å²) < 4.78 is 41.0. The molecule has 0 aliphatic carbocycles. The number of furan rings is 1. The molecule has 0 radical (unpaired) electrons. The SMILES string of the molecule is CN(C(=O)Cn1nc(Cl)c2oc(CO)cc2c1=O)c1ccc2c(c1)OC(F)(F)O2. The molecule has 29 heavy (non-hydrogen) atoms. The highest BCUT2D eigenvalue weighted by atomic mass is 35.5. The molecule has 0 saturated heterocycles. The second-order valence-corrected chi connectivity index (χ2v) is 6.48. The molecule has 0 saturated carbocycles. The minimum Gasteiger partial charge on any atom is -0.455 e. The lowest BCUT2D eigenvalue weighted by atomic mass is 10.2. The van der Waals surface area contributed by atoms with E-state index in [9.17, 15) is 18.4 Å². The molecule has 0 spiro atoms.